The van der Waals surface area contributed by atoms with E-state index in [1.165, 1.54) is 24.8 Å². The molecule has 0 aliphatic heterocycles. The predicted octanol–water partition coefficient (Wildman–Crippen LogP) is 4.56. The molecule has 1 aliphatic carbocycles. The van der Waals surface area contributed by atoms with Crippen LogP contribution in [-0.2, 0) is 0 Å². The molecule has 1 saturated carbocycles. The molecule has 1 aliphatic rings. The normalized spacial score (nSPS) is 15.4. The largest absolute Gasteiger partial charge is 0.288 e. The van der Waals surface area contributed by atoms with Gasteiger partial charge in [0.25, 0.3) is 0 Å². The van der Waals surface area contributed by atoms with E-state index in [-0.39, 0.29) is 5.78 Å². The summed E-state index contributed by atoms with van der Waals surface area (Å²) in [4.78, 5) is 13.5. The third kappa shape index (κ3) is 1.91. The lowest BCUT2D eigenvalue weighted by Gasteiger charge is -2.27. The second-order valence-electron chi connectivity index (χ2n) is 4.98. The van der Waals surface area contributed by atoms with Crippen LogP contribution >= 0.6 is 11.3 Å². The highest BCUT2D eigenvalue weighted by atomic mass is 32.1. The molecule has 1 nitrogen and oxygen atoms in total. The van der Waals surface area contributed by atoms with Gasteiger partial charge in [-0.3, -0.25) is 4.79 Å². The Morgan fingerprint density at radius 3 is 2.61 bits per heavy atom. The van der Waals surface area contributed by atoms with E-state index in [1.54, 1.807) is 11.3 Å². The molecule has 0 radical (unpaired) electrons. The summed E-state index contributed by atoms with van der Waals surface area (Å²) in [6.07, 6.45) is 3.76. The zero-order valence-electron chi connectivity index (χ0n) is 10.5. The van der Waals surface area contributed by atoms with E-state index in [4.69, 9.17) is 0 Å². The minimum absolute atomic E-state index is 0.199. The fourth-order valence-electron chi connectivity index (χ4n) is 2.51. The van der Waals surface area contributed by atoms with Crippen LogP contribution in [0.1, 0.15) is 51.5 Å². The first kappa shape index (κ1) is 11.7. The maximum absolute atomic E-state index is 12.6. The van der Waals surface area contributed by atoms with E-state index in [9.17, 15) is 4.79 Å². The van der Waals surface area contributed by atoms with Crippen LogP contribution in [0.15, 0.2) is 35.7 Å². The second kappa shape index (κ2) is 4.69. The summed E-state index contributed by atoms with van der Waals surface area (Å²) in [5, 5.41) is 1.99. The Morgan fingerprint density at radius 2 is 2.00 bits per heavy atom. The second-order valence-corrected chi connectivity index (χ2v) is 5.89. The molecule has 0 spiro atoms. The Balaban J connectivity index is 2.01. The van der Waals surface area contributed by atoms with E-state index >= 15 is 0 Å². The van der Waals surface area contributed by atoms with Crippen LogP contribution in [0, 0.1) is 6.92 Å². The zero-order chi connectivity index (χ0) is 12.5. The Labute approximate surface area is 111 Å². The summed E-state index contributed by atoms with van der Waals surface area (Å²) in [6, 6.07) is 10.1. The molecule has 92 valence electrons. The van der Waals surface area contributed by atoms with Crippen LogP contribution in [0.5, 0.6) is 0 Å². The molecule has 1 aromatic heterocycles. The number of aryl methyl sites for hydroxylation is 1. The van der Waals surface area contributed by atoms with Crippen LogP contribution in [0.4, 0.5) is 0 Å². The molecule has 1 heterocycles. The van der Waals surface area contributed by atoms with Crippen LogP contribution in [0.25, 0.3) is 0 Å². The number of carbonyl (C=O) groups is 1. The molecule has 0 unspecified atom stereocenters. The van der Waals surface area contributed by atoms with Gasteiger partial charge in [-0.25, -0.2) is 0 Å². The lowest BCUT2D eigenvalue weighted by atomic mass is 9.77. The maximum Gasteiger partial charge on any atom is 0.203 e. The van der Waals surface area contributed by atoms with E-state index in [0.717, 1.165) is 16.0 Å². The first-order chi connectivity index (χ1) is 8.77. The number of hydrogen-bond acceptors (Lipinski definition) is 2. The highest BCUT2D eigenvalue weighted by Crippen LogP contribution is 2.38. The van der Waals surface area contributed by atoms with Crippen molar-refractivity contribution in [3.05, 3.63) is 57.3 Å². The van der Waals surface area contributed by atoms with Gasteiger partial charge in [0.1, 0.15) is 0 Å². The zero-order valence-corrected chi connectivity index (χ0v) is 11.3. The van der Waals surface area contributed by atoms with Crippen molar-refractivity contribution in [1.82, 2.24) is 0 Å². The SMILES string of the molecule is Cc1ccsc1C(=O)c1ccccc1C1CCC1. The molecule has 1 fully saturated rings. The van der Waals surface area contributed by atoms with Crippen molar-refractivity contribution in [2.24, 2.45) is 0 Å². The van der Waals surface area contributed by atoms with E-state index < -0.39 is 0 Å². The number of hydrogen-bond donors (Lipinski definition) is 0. The van der Waals surface area contributed by atoms with Gasteiger partial charge in [0.15, 0.2) is 0 Å². The summed E-state index contributed by atoms with van der Waals surface area (Å²) in [5.41, 5.74) is 3.25. The fraction of sp³-hybridized carbons (Fsp3) is 0.312. The third-order valence-corrected chi connectivity index (χ3v) is 4.83. The molecule has 0 N–H and O–H groups in total. The Bertz CT molecular complexity index is 578. The maximum atomic E-state index is 12.6. The van der Waals surface area contributed by atoms with Gasteiger partial charge in [0.05, 0.1) is 4.88 Å². The summed E-state index contributed by atoms with van der Waals surface area (Å²) >= 11 is 1.55. The van der Waals surface area contributed by atoms with Crippen molar-refractivity contribution in [3.8, 4) is 0 Å². The lowest BCUT2D eigenvalue weighted by molar-refractivity contribution is 0.104. The molecule has 2 heteroatoms. The number of carbonyl (C=O) groups excluding carboxylic acids is 1. The highest BCUT2D eigenvalue weighted by Gasteiger charge is 2.25. The lowest BCUT2D eigenvalue weighted by Crippen LogP contribution is -2.14. The molecule has 18 heavy (non-hydrogen) atoms. The van der Waals surface area contributed by atoms with E-state index in [1.807, 2.05) is 36.6 Å². The minimum Gasteiger partial charge on any atom is -0.288 e. The Kier molecular flexibility index (Phi) is 3.04. The van der Waals surface area contributed by atoms with Crippen LogP contribution in [0.2, 0.25) is 0 Å². The number of thiophene rings is 1. The summed E-state index contributed by atoms with van der Waals surface area (Å²) in [6.45, 7) is 2.01. The molecule has 3 rings (SSSR count). The summed E-state index contributed by atoms with van der Waals surface area (Å²) < 4.78 is 0. The molecule has 1 aromatic carbocycles. The number of ketones is 1. The standard InChI is InChI=1S/C16H16OS/c1-11-9-10-18-16(11)15(17)14-8-3-2-7-13(14)12-5-4-6-12/h2-3,7-10,12H,4-6H2,1H3. The average Bonchev–Trinajstić information content (AvgIpc) is 2.73. The summed E-state index contributed by atoms with van der Waals surface area (Å²) in [5.74, 6) is 0.801. The van der Waals surface area contributed by atoms with Crippen molar-refractivity contribution in [2.75, 3.05) is 0 Å². The van der Waals surface area contributed by atoms with Gasteiger partial charge in [0, 0.05) is 5.56 Å². The molecular formula is C16H16OS. The fourth-order valence-corrected chi connectivity index (χ4v) is 3.39. The smallest absolute Gasteiger partial charge is 0.203 e. The van der Waals surface area contributed by atoms with Crippen molar-refractivity contribution in [1.29, 1.82) is 0 Å². The average molecular weight is 256 g/mol. The van der Waals surface area contributed by atoms with Gasteiger partial charge in [-0.2, -0.15) is 0 Å². The monoisotopic (exact) mass is 256 g/mol. The third-order valence-electron chi connectivity index (χ3n) is 3.82. The van der Waals surface area contributed by atoms with Gasteiger partial charge >= 0.3 is 0 Å². The van der Waals surface area contributed by atoms with E-state index in [0.29, 0.717) is 5.92 Å². The van der Waals surface area contributed by atoms with Gasteiger partial charge in [-0.15, -0.1) is 11.3 Å². The van der Waals surface area contributed by atoms with E-state index in [2.05, 4.69) is 6.07 Å². The Hall–Kier alpha value is -1.41. The first-order valence-corrected chi connectivity index (χ1v) is 7.33. The van der Waals surface area contributed by atoms with Crippen molar-refractivity contribution in [2.45, 2.75) is 32.1 Å². The molecule has 0 bridgehead atoms. The van der Waals surface area contributed by atoms with Crippen LogP contribution < -0.4 is 0 Å². The quantitative estimate of drug-likeness (QED) is 0.736. The van der Waals surface area contributed by atoms with Crippen LogP contribution in [0.3, 0.4) is 0 Å². The minimum atomic E-state index is 0.199. The van der Waals surface area contributed by atoms with Crippen molar-refractivity contribution in [3.63, 3.8) is 0 Å². The van der Waals surface area contributed by atoms with Crippen LogP contribution in [-0.4, -0.2) is 5.78 Å². The highest BCUT2D eigenvalue weighted by molar-refractivity contribution is 7.12. The number of benzene rings is 1. The molecular weight excluding hydrogens is 240 g/mol. The van der Waals surface area contributed by atoms with Gasteiger partial charge in [-0.05, 0) is 48.3 Å². The number of rotatable bonds is 3. The summed E-state index contributed by atoms with van der Waals surface area (Å²) in [7, 11) is 0. The molecule has 0 saturated heterocycles. The molecule has 2 aromatic rings. The topological polar surface area (TPSA) is 17.1 Å². The van der Waals surface area contributed by atoms with Gasteiger partial charge in [-0.1, -0.05) is 30.7 Å². The van der Waals surface area contributed by atoms with Crippen molar-refractivity contribution < 1.29 is 4.79 Å². The van der Waals surface area contributed by atoms with Gasteiger partial charge in [0.2, 0.25) is 5.78 Å². The first-order valence-electron chi connectivity index (χ1n) is 6.45. The van der Waals surface area contributed by atoms with Crippen molar-refractivity contribution >= 4 is 17.1 Å². The Morgan fingerprint density at radius 1 is 1.22 bits per heavy atom. The molecule has 0 atom stereocenters. The van der Waals surface area contributed by atoms with Gasteiger partial charge < -0.3 is 0 Å². The predicted molar refractivity (Wildman–Crippen MR) is 75.5 cm³/mol. The molecule has 0 amide bonds.